The normalized spacial score (nSPS) is 27.4. The number of carbonyl (C=O) groups excluding carboxylic acids is 1. The van der Waals surface area contributed by atoms with Crippen molar-refractivity contribution in [2.75, 3.05) is 18.0 Å². The van der Waals surface area contributed by atoms with Crippen molar-refractivity contribution < 1.29 is 4.79 Å². The van der Waals surface area contributed by atoms with Gasteiger partial charge in [-0.25, -0.2) is 0 Å². The number of para-hydroxylation sites is 1. The van der Waals surface area contributed by atoms with Gasteiger partial charge in [0, 0.05) is 11.7 Å². The minimum Gasteiger partial charge on any atom is -0.308 e. The van der Waals surface area contributed by atoms with Crippen LogP contribution in [0.25, 0.3) is 0 Å². The number of anilines is 1. The zero-order chi connectivity index (χ0) is 13.2. The van der Waals surface area contributed by atoms with Crippen molar-refractivity contribution >= 4 is 24.0 Å². The van der Waals surface area contributed by atoms with E-state index in [1.807, 2.05) is 35.2 Å². The maximum Gasteiger partial charge on any atom is 0.244 e. The van der Waals surface area contributed by atoms with E-state index in [-0.39, 0.29) is 18.4 Å². The zero-order valence-corrected chi connectivity index (χ0v) is 12.8. The Bertz CT molecular complexity index is 445. The summed E-state index contributed by atoms with van der Waals surface area (Å²) in [5, 5.41) is 0. The van der Waals surface area contributed by atoms with E-state index in [0.29, 0.717) is 11.9 Å². The van der Waals surface area contributed by atoms with Gasteiger partial charge in [0.15, 0.2) is 0 Å². The largest absolute Gasteiger partial charge is 0.308 e. The van der Waals surface area contributed by atoms with Crippen molar-refractivity contribution in [3.05, 3.63) is 30.3 Å². The van der Waals surface area contributed by atoms with Gasteiger partial charge in [-0.2, -0.15) is 0 Å². The molecule has 0 aromatic heterocycles. The van der Waals surface area contributed by atoms with Gasteiger partial charge < -0.3 is 4.90 Å². The molecule has 0 bridgehead atoms. The highest BCUT2D eigenvalue weighted by Gasteiger charge is 2.41. The molecule has 110 valence electrons. The van der Waals surface area contributed by atoms with Crippen LogP contribution in [0.3, 0.4) is 0 Å². The maximum absolute atomic E-state index is 12.7. The molecule has 4 heteroatoms. The number of rotatable bonds is 2. The van der Waals surface area contributed by atoms with Crippen LogP contribution in [0.15, 0.2) is 30.3 Å². The molecule has 2 saturated heterocycles. The molecule has 2 fully saturated rings. The maximum atomic E-state index is 12.7. The lowest BCUT2D eigenvalue weighted by Crippen LogP contribution is -2.44. The molecule has 0 radical (unpaired) electrons. The van der Waals surface area contributed by atoms with Gasteiger partial charge in [0.2, 0.25) is 5.91 Å². The van der Waals surface area contributed by atoms with Crippen LogP contribution in [0.2, 0.25) is 0 Å². The fourth-order valence-corrected chi connectivity index (χ4v) is 3.41. The first-order valence-corrected chi connectivity index (χ1v) is 7.39. The molecule has 0 aliphatic carbocycles. The first kappa shape index (κ1) is 15.3. The SMILES string of the molecule is CC1CC(N2CCCCC2)C(=O)N1c1ccccc1.Cl. The Balaban J connectivity index is 0.00000147. The van der Waals surface area contributed by atoms with E-state index in [1.54, 1.807) is 0 Å². The van der Waals surface area contributed by atoms with E-state index in [0.717, 1.165) is 25.2 Å². The highest BCUT2D eigenvalue weighted by atomic mass is 35.5. The molecule has 2 heterocycles. The third kappa shape index (κ3) is 2.84. The van der Waals surface area contributed by atoms with Crippen molar-refractivity contribution in [2.24, 2.45) is 0 Å². The average molecular weight is 295 g/mol. The lowest BCUT2D eigenvalue weighted by atomic mass is 10.1. The van der Waals surface area contributed by atoms with Crippen LogP contribution in [0, 0.1) is 0 Å². The van der Waals surface area contributed by atoms with Crippen LogP contribution >= 0.6 is 12.4 Å². The standard InChI is InChI=1S/C16H22N2O.ClH/c1-13-12-15(17-10-6-3-7-11-17)16(19)18(13)14-8-4-2-5-9-14;/h2,4-5,8-9,13,15H,3,6-7,10-12H2,1H3;1H. The van der Waals surface area contributed by atoms with Gasteiger partial charge in [-0.15, -0.1) is 12.4 Å². The minimum absolute atomic E-state index is 0. The van der Waals surface area contributed by atoms with Crippen molar-refractivity contribution in [2.45, 2.75) is 44.7 Å². The van der Waals surface area contributed by atoms with E-state index < -0.39 is 0 Å². The van der Waals surface area contributed by atoms with Crippen molar-refractivity contribution in [3.8, 4) is 0 Å². The lowest BCUT2D eigenvalue weighted by Gasteiger charge is -2.31. The Morgan fingerprint density at radius 3 is 2.35 bits per heavy atom. The summed E-state index contributed by atoms with van der Waals surface area (Å²) in [6.07, 6.45) is 4.76. The van der Waals surface area contributed by atoms with Crippen LogP contribution in [-0.4, -0.2) is 36.0 Å². The fraction of sp³-hybridized carbons (Fsp3) is 0.562. The quantitative estimate of drug-likeness (QED) is 0.837. The van der Waals surface area contributed by atoms with E-state index in [1.165, 1.54) is 19.3 Å². The molecule has 3 rings (SSSR count). The van der Waals surface area contributed by atoms with Gasteiger partial charge in [0.1, 0.15) is 0 Å². The highest BCUT2D eigenvalue weighted by Crippen LogP contribution is 2.30. The number of likely N-dealkylation sites (tertiary alicyclic amines) is 1. The second kappa shape index (κ2) is 6.59. The van der Waals surface area contributed by atoms with Gasteiger partial charge in [0.05, 0.1) is 6.04 Å². The van der Waals surface area contributed by atoms with E-state index >= 15 is 0 Å². The van der Waals surface area contributed by atoms with E-state index in [9.17, 15) is 4.79 Å². The molecule has 3 nitrogen and oxygen atoms in total. The fourth-order valence-electron chi connectivity index (χ4n) is 3.41. The molecule has 2 aliphatic rings. The number of nitrogens with zero attached hydrogens (tertiary/aromatic N) is 2. The Morgan fingerprint density at radius 2 is 1.70 bits per heavy atom. The number of benzene rings is 1. The average Bonchev–Trinajstić information content (AvgIpc) is 2.76. The molecule has 20 heavy (non-hydrogen) atoms. The smallest absolute Gasteiger partial charge is 0.244 e. The minimum atomic E-state index is 0. The summed E-state index contributed by atoms with van der Waals surface area (Å²) in [4.78, 5) is 17.1. The first-order valence-electron chi connectivity index (χ1n) is 7.39. The van der Waals surface area contributed by atoms with Gasteiger partial charge in [-0.3, -0.25) is 9.69 Å². The molecule has 1 amide bonds. The van der Waals surface area contributed by atoms with Crippen LogP contribution in [0.5, 0.6) is 0 Å². The summed E-state index contributed by atoms with van der Waals surface area (Å²) in [6, 6.07) is 10.5. The number of piperidine rings is 1. The number of hydrogen-bond donors (Lipinski definition) is 0. The van der Waals surface area contributed by atoms with Gasteiger partial charge >= 0.3 is 0 Å². The summed E-state index contributed by atoms with van der Waals surface area (Å²) < 4.78 is 0. The van der Waals surface area contributed by atoms with Crippen LogP contribution < -0.4 is 4.90 Å². The van der Waals surface area contributed by atoms with Crippen molar-refractivity contribution in [3.63, 3.8) is 0 Å². The molecule has 2 atom stereocenters. The number of amides is 1. The lowest BCUT2D eigenvalue weighted by molar-refractivity contribution is -0.122. The molecule has 0 N–H and O–H groups in total. The molecular weight excluding hydrogens is 272 g/mol. The van der Waals surface area contributed by atoms with Crippen LogP contribution in [-0.2, 0) is 4.79 Å². The number of carbonyl (C=O) groups is 1. The third-order valence-electron chi connectivity index (χ3n) is 4.39. The van der Waals surface area contributed by atoms with Crippen molar-refractivity contribution in [1.82, 2.24) is 4.90 Å². The Morgan fingerprint density at radius 1 is 1.05 bits per heavy atom. The number of halogens is 1. The Kier molecular flexibility index (Phi) is 5.06. The summed E-state index contributed by atoms with van der Waals surface area (Å²) in [6.45, 7) is 4.34. The van der Waals surface area contributed by atoms with E-state index in [2.05, 4.69) is 11.8 Å². The molecule has 0 saturated carbocycles. The summed E-state index contributed by atoms with van der Waals surface area (Å²) in [7, 11) is 0. The predicted molar refractivity (Wildman–Crippen MR) is 84.5 cm³/mol. The molecule has 2 unspecified atom stereocenters. The molecule has 1 aromatic rings. The molecule has 2 aliphatic heterocycles. The summed E-state index contributed by atoms with van der Waals surface area (Å²) in [5.41, 5.74) is 1.04. The monoisotopic (exact) mass is 294 g/mol. The van der Waals surface area contributed by atoms with Crippen molar-refractivity contribution in [1.29, 1.82) is 0 Å². The second-order valence-electron chi connectivity index (χ2n) is 5.74. The third-order valence-corrected chi connectivity index (χ3v) is 4.39. The van der Waals surface area contributed by atoms with Crippen LogP contribution in [0.4, 0.5) is 5.69 Å². The molecule has 0 spiro atoms. The molecule has 1 aromatic carbocycles. The van der Waals surface area contributed by atoms with Crippen LogP contribution in [0.1, 0.15) is 32.6 Å². The zero-order valence-electron chi connectivity index (χ0n) is 12.0. The second-order valence-corrected chi connectivity index (χ2v) is 5.74. The first-order chi connectivity index (χ1) is 9.27. The Hall–Kier alpha value is -1.06. The summed E-state index contributed by atoms with van der Waals surface area (Å²) >= 11 is 0. The van der Waals surface area contributed by atoms with Gasteiger partial charge in [-0.05, 0) is 51.4 Å². The molecular formula is C16H23ClN2O. The Labute approximate surface area is 127 Å². The summed E-state index contributed by atoms with van der Waals surface area (Å²) in [5.74, 6) is 0.292. The highest BCUT2D eigenvalue weighted by molar-refractivity contribution is 6.00. The van der Waals surface area contributed by atoms with Gasteiger partial charge in [-0.1, -0.05) is 24.6 Å². The topological polar surface area (TPSA) is 23.6 Å². The predicted octanol–water partition coefficient (Wildman–Crippen LogP) is 3.09. The number of hydrogen-bond acceptors (Lipinski definition) is 2. The van der Waals surface area contributed by atoms with Gasteiger partial charge in [0.25, 0.3) is 0 Å². The van der Waals surface area contributed by atoms with E-state index in [4.69, 9.17) is 0 Å².